The fourth-order valence-electron chi connectivity index (χ4n) is 4.44. The number of benzene rings is 3. The zero-order chi connectivity index (χ0) is 23.8. The number of aliphatic hydroxyl groups is 1. The SMILES string of the molecule is O=C1C(=O)N(CCc2c[nH]c3ccccc23)C(c2ccc(Br)cc2)/C1=C(/O)c1ccc(Br)cc1. The Bertz CT molecular complexity index is 1420. The van der Waals surface area contributed by atoms with Crippen molar-refractivity contribution in [2.45, 2.75) is 12.5 Å². The van der Waals surface area contributed by atoms with Gasteiger partial charge in [-0.25, -0.2) is 0 Å². The van der Waals surface area contributed by atoms with Crippen molar-refractivity contribution >= 4 is 60.2 Å². The van der Waals surface area contributed by atoms with E-state index in [1.807, 2.05) is 54.7 Å². The predicted octanol–water partition coefficient (Wildman–Crippen LogP) is 6.36. The van der Waals surface area contributed by atoms with Gasteiger partial charge in [0.15, 0.2) is 0 Å². The molecule has 170 valence electrons. The maximum absolute atomic E-state index is 13.2. The molecule has 1 saturated heterocycles. The topological polar surface area (TPSA) is 73.4 Å². The number of rotatable bonds is 5. The quantitative estimate of drug-likeness (QED) is 0.164. The normalized spacial score (nSPS) is 17.6. The van der Waals surface area contributed by atoms with E-state index in [1.165, 1.54) is 0 Å². The Morgan fingerprint density at radius 2 is 1.56 bits per heavy atom. The van der Waals surface area contributed by atoms with Crippen molar-refractivity contribution < 1.29 is 14.7 Å². The summed E-state index contributed by atoms with van der Waals surface area (Å²) in [5, 5.41) is 12.2. The van der Waals surface area contributed by atoms with Gasteiger partial charge in [0.25, 0.3) is 11.7 Å². The van der Waals surface area contributed by atoms with E-state index >= 15 is 0 Å². The second kappa shape index (κ2) is 9.24. The summed E-state index contributed by atoms with van der Waals surface area (Å²) in [4.78, 5) is 31.2. The molecule has 0 saturated carbocycles. The van der Waals surface area contributed by atoms with E-state index in [1.54, 1.807) is 29.2 Å². The number of amides is 1. The molecule has 0 spiro atoms. The van der Waals surface area contributed by atoms with Gasteiger partial charge in [-0.05, 0) is 47.9 Å². The molecule has 2 N–H and O–H groups in total. The summed E-state index contributed by atoms with van der Waals surface area (Å²) in [7, 11) is 0. The number of fused-ring (bicyclic) bond motifs is 1. The summed E-state index contributed by atoms with van der Waals surface area (Å²) < 4.78 is 1.74. The number of hydrogen-bond donors (Lipinski definition) is 2. The Morgan fingerprint density at radius 1 is 0.912 bits per heavy atom. The first-order valence-corrected chi connectivity index (χ1v) is 12.4. The van der Waals surface area contributed by atoms with Gasteiger partial charge in [0.05, 0.1) is 11.6 Å². The van der Waals surface area contributed by atoms with Gasteiger partial charge in [-0.15, -0.1) is 0 Å². The molecule has 1 fully saturated rings. The minimum atomic E-state index is -0.679. The standard InChI is InChI=1S/C27H20Br2N2O3/c28-19-9-5-16(6-10-19)24-23(25(32)17-7-11-20(29)12-8-17)26(33)27(34)31(24)14-13-18-15-30-22-4-2-1-3-21(18)22/h1-12,15,24,30,32H,13-14H2/b25-23-. The van der Waals surface area contributed by atoms with Crippen molar-refractivity contribution in [3.8, 4) is 0 Å². The molecule has 1 aliphatic heterocycles. The van der Waals surface area contributed by atoms with Gasteiger partial charge in [0.2, 0.25) is 0 Å². The number of Topliss-reactive ketones (excluding diaryl/α,β-unsaturated/α-hetero) is 1. The number of aromatic nitrogens is 1. The van der Waals surface area contributed by atoms with Gasteiger partial charge in [-0.2, -0.15) is 0 Å². The van der Waals surface area contributed by atoms with Crippen LogP contribution in [0.15, 0.2) is 93.5 Å². The molecule has 1 atom stereocenters. The van der Waals surface area contributed by atoms with Crippen LogP contribution in [0.3, 0.4) is 0 Å². The number of carbonyl (C=O) groups excluding carboxylic acids is 2. The molecule has 5 nitrogen and oxygen atoms in total. The average molecular weight is 580 g/mol. The molecular weight excluding hydrogens is 560 g/mol. The van der Waals surface area contributed by atoms with Crippen molar-refractivity contribution in [1.82, 2.24) is 9.88 Å². The first-order chi connectivity index (χ1) is 16.4. The van der Waals surface area contributed by atoms with E-state index < -0.39 is 17.7 Å². The number of likely N-dealkylation sites (tertiary alicyclic amines) is 1. The van der Waals surface area contributed by atoms with Crippen LogP contribution in [-0.2, 0) is 16.0 Å². The first-order valence-electron chi connectivity index (χ1n) is 10.8. The largest absolute Gasteiger partial charge is 0.507 e. The van der Waals surface area contributed by atoms with Gasteiger partial charge in [-0.3, -0.25) is 9.59 Å². The van der Waals surface area contributed by atoms with E-state index in [9.17, 15) is 14.7 Å². The Balaban J connectivity index is 1.56. The van der Waals surface area contributed by atoms with Crippen LogP contribution >= 0.6 is 31.9 Å². The fraction of sp³-hybridized carbons (Fsp3) is 0.111. The molecule has 5 rings (SSSR count). The molecule has 0 bridgehead atoms. The molecule has 1 amide bonds. The third-order valence-corrected chi connectivity index (χ3v) is 7.20. The maximum atomic E-state index is 13.2. The number of para-hydroxylation sites is 1. The minimum absolute atomic E-state index is 0.105. The van der Waals surface area contributed by atoms with Crippen LogP contribution in [0.25, 0.3) is 16.7 Å². The lowest BCUT2D eigenvalue weighted by Gasteiger charge is -2.25. The van der Waals surface area contributed by atoms with Crippen LogP contribution in [0.2, 0.25) is 0 Å². The van der Waals surface area contributed by atoms with Crippen molar-refractivity contribution in [2.75, 3.05) is 6.54 Å². The van der Waals surface area contributed by atoms with E-state index in [4.69, 9.17) is 0 Å². The number of nitrogens with zero attached hydrogens (tertiary/aromatic N) is 1. The summed E-state index contributed by atoms with van der Waals surface area (Å²) in [6.07, 6.45) is 2.51. The Labute approximate surface area is 213 Å². The highest BCUT2D eigenvalue weighted by Gasteiger charge is 2.45. The third-order valence-electron chi connectivity index (χ3n) is 6.14. The average Bonchev–Trinajstić information content (AvgIpc) is 3.37. The van der Waals surface area contributed by atoms with Crippen LogP contribution < -0.4 is 0 Å². The lowest BCUT2D eigenvalue weighted by Crippen LogP contribution is -2.31. The second-order valence-electron chi connectivity index (χ2n) is 8.16. The Kier molecular flexibility index (Phi) is 6.15. The molecule has 1 aliphatic rings. The minimum Gasteiger partial charge on any atom is -0.507 e. The highest BCUT2D eigenvalue weighted by molar-refractivity contribution is 9.10. The number of aliphatic hydroxyl groups excluding tert-OH is 1. The van der Waals surface area contributed by atoms with Crippen molar-refractivity contribution in [1.29, 1.82) is 0 Å². The number of H-pyrrole nitrogens is 1. The van der Waals surface area contributed by atoms with Crippen LogP contribution in [-0.4, -0.2) is 33.2 Å². The monoisotopic (exact) mass is 578 g/mol. The van der Waals surface area contributed by atoms with Crippen LogP contribution in [0.5, 0.6) is 0 Å². The van der Waals surface area contributed by atoms with E-state index in [0.29, 0.717) is 18.5 Å². The van der Waals surface area contributed by atoms with Crippen LogP contribution in [0, 0.1) is 0 Å². The van der Waals surface area contributed by atoms with E-state index in [-0.39, 0.29) is 11.3 Å². The first kappa shape index (κ1) is 22.6. The summed E-state index contributed by atoms with van der Waals surface area (Å²) in [5.41, 5.74) is 3.45. The molecule has 0 aliphatic carbocycles. The highest BCUT2D eigenvalue weighted by atomic mass is 79.9. The summed E-state index contributed by atoms with van der Waals surface area (Å²) in [6, 6.07) is 21.8. The third kappa shape index (κ3) is 4.10. The fourth-order valence-corrected chi connectivity index (χ4v) is 4.97. The zero-order valence-electron chi connectivity index (χ0n) is 18.0. The van der Waals surface area contributed by atoms with Crippen molar-refractivity contribution in [3.05, 3.63) is 110 Å². The van der Waals surface area contributed by atoms with Gasteiger partial charge in [-0.1, -0.05) is 74.3 Å². The zero-order valence-corrected chi connectivity index (χ0v) is 21.1. The number of carbonyl (C=O) groups is 2. The van der Waals surface area contributed by atoms with Gasteiger partial charge in [0, 0.05) is 38.2 Å². The number of halogens is 2. The Morgan fingerprint density at radius 3 is 2.26 bits per heavy atom. The molecule has 7 heteroatoms. The second-order valence-corrected chi connectivity index (χ2v) is 9.99. The van der Waals surface area contributed by atoms with Gasteiger partial charge < -0.3 is 15.0 Å². The summed E-state index contributed by atoms with van der Waals surface area (Å²) in [6.45, 7) is 0.338. The number of ketones is 1. The lowest BCUT2D eigenvalue weighted by atomic mass is 9.95. The lowest BCUT2D eigenvalue weighted by molar-refractivity contribution is -0.139. The van der Waals surface area contributed by atoms with Gasteiger partial charge in [0.1, 0.15) is 5.76 Å². The molecule has 4 aromatic rings. The predicted molar refractivity (Wildman–Crippen MR) is 139 cm³/mol. The Hall–Kier alpha value is -3.16. The molecule has 1 unspecified atom stereocenters. The summed E-state index contributed by atoms with van der Waals surface area (Å²) in [5.74, 6) is -1.45. The molecule has 0 radical (unpaired) electrons. The van der Waals surface area contributed by atoms with Crippen molar-refractivity contribution in [2.24, 2.45) is 0 Å². The van der Waals surface area contributed by atoms with Crippen molar-refractivity contribution in [3.63, 3.8) is 0 Å². The molecule has 2 heterocycles. The number of aromatic amines is 1. The number of nitrogens with one attached hydrogen (secondary N) is 1. The van der Waals surface area contributed by atoms with E-state index in [2.05, 4.69) is 36.8 Å². The molecule has 34 heavy (non-hydrogen) atoms. The van der Waals surface area contributed by atoms with Gasteiger partial charge >= 0.3 is 0 Å². The molecule has 3 aromatic carbocycles. The molecular formula is C27H20Br2N2O3. The molecule has 1 aromatic heterocycles. The maximum Gasteiger partial charge on any atom is 0.295 e. The van der Waals surface area contributed by atoms with E-state index in [0.717, 1.165) is 31.0 Å². The van der Waals surface area contributed by atoms with Crippen LogP contribution in [0.4, 0.5) is 0 Å². The smallest absolute Gasteiger partial charge is 0.295 e. The number of hydrogen-bond acceptors (Lipinski definition) is 3. The summed E-state index contributed by atoms with van der Waals surface area (Å²) >= 11 is 6.83. The highest BCUT2D eigenvalue weighted by Crippen LogP contribution is 2.40. The van der Waals surface area contributed by atoms with Crippen LogP contribution in [0.1, 0.15) is 22.7 Å².